The van der Waals surface area contributed by atoms with Crippen molar-refractivity contribution in [1.29, 1.82) is 0 Å². The van der Waals surface area contributed by atoms with Gasteiger partial charge in [0.05, 0.1) is 31.2 Å². The smallest absolute Gasteiger partial charge is 0.202 e. The van der Waals surface area contributed by atoms with Crippen LogP contribution in [0, 0.1) is 0 Å². The zero-order valence-electron chi connectivity index (χ0n) is 11.3. The summed E-state index contributed by atoms with van der Waals surface area (Å²) in [5, 5.41) is 58.7. The van der Waals surface area contributed by atoms with E-state index in [1.54, 1.807) is 0 Å². The number of ketones is 2. The molecule has 0 fully saturated rings. The largest absolute Gasteiger partial charge is 0.504 e. The van der Waals surface area contributed by atoms with E-state index in [-0.39, 0.29) is 8.95 Å². The number of hydrogen-bond acceptors (Lipinski definition) is 8. The van der Waals surface area contributed by atoms with Crippen LogP contribution in [0.1, 0.15) is 31.8 Å². The van der Waals surface area contributed by atoms with Gasteiger partial charge in [-0.3, -0.25) is 9.59 Å². The summed E-state index contributed by atoms with van der Waals surface area (Å²) >= 11 is 5.69. The van der Waals surface area contributed by atoms with Gasteiger partial charge in [-0.25, -0.2) is 0 Å². The van der Waals surface area contributed by atoms with Crippen LogP contribution in [0.2, 0.25) is 0 Å². The summed E-state index contributed by atoms with van der Waals surface area (Å²) in [4.78, 5) is 25.3. The minimum absolute atomic E-state index is 0.375. The number of halogens is 2. The van der Waals surface area contributed by atoms with E-state index < -0.39 is 68.3 Å². The minimum Gasteiger partial charge on any atom is -0.504 e. The summed E-state index contributed by atoms with van der Waals surface area (Å²) in [6, 6.07) is 0. The molecule has 0 amide bonds. The monoisotopic (exact) mass is 460 g/mol. The van der Waals surface area contributed by atoms with E-state index in [2.05, 4.69) is 31.9 Å². The Labute approximate surface area is 149 Å². The predicted molar refractivity (Wildman–Crippen MR) is 85.1 cm³/mol. The number of fused-ring (bicyclic) bond motifs is 2. The molecular formula is C14H6Br2O8. The number of carbonyl (C=O) groups is 2. The van der Waals surface area contributed by atoms with E-state index in [0.717, 1.165) is 0 Å². The van der Waals surface area contributed by atoms with Crippen LogP contribution in [0.15, 0.2) is 8.95 Å². The fourth-order valence-corrected chi connectivity index (χ4v) is 3.61. The molecule has 0 aliphatic heterocycles. The fraction of sp³-hybridized carbons (Fsp3) is 0. The molecule has 24 heavy (non-hydrogen) atoms. The Morgan fingerprint density at radius 2 is 0.750 bits per heavy atom. The third kappa shape index (κ3) is 1.77. The molecule has 0 bridgehead atoms. The molecule has 2 aromatic carbocycles. The van der Waals surface area contributed by atoms with Gasteiger partial charge in [-0.15, -0.1) is 0 Å². The molecule has 2 aromatic rings. The van der Waals surface area contributed by atoms with Gasteiger partial charge in [0, 0.05) is 0 Å². The van der Waals surface area contributed by atoms with Crippen molar-refractivity contribution in [2.45, 2.75) is 0 Å². The fourth-order valence-electron chi connectivity index (χ4n) is 2.48. The molecule has 6 N–H and O–H groups in total. The SMILES string of the molecule is O=C1c2c(O)c(O)c(O)c(Br)c2C(=O)c2c(O)c(O)c(O)c(Br)c21. The highest BCUT2D eigenvalue weighted by molar-refractivity contribution is 9.11. The van der Waals surface area contributed by atoms with Crippen LogP contribution < -0.4 is 0 Å². The molecule has 1 aliphatic carbocycles. The molecule has 0 saturated carbocycles. The number of hydrogen-bond donors (Lipinski definition) is 6. The summed E-state index contributed by atoms with van der Waals surface area (Å²) in [5.74, 6) is -7.91. The second-order valence-corrected chi connectivity index (χ2v) is 6.46. The lowest BCUT2D eigenvalue weighted by Crippen LogP contribution is -2.22. The number of phenolic OH excluding ortho intramolecular Hbond substituents is 6. The van der Waals surface area contributed by atoms with E-state index in [0.29, 0.717) is 0 Å². The van der Waals surface area contributed by atoms with Gasteiger partial charge in [0.25, 0.3) is 0 Å². The Bertz CT molecular complexity index is 827. The summed E-state index contributed by atoms with van der Waals surface area (Å²) < 4.78 is -0.750. The van der Waals surface area contributed by atoms with E-state index in [1.807, 2.05) is 0 Å². The number of aromatic hydroxyl groups is 6. The van der Waals surface area contributed by atoms with Gasteiger partial charge < -0.3 is 30.6 Å². The molecule has 0 saturated heterocycles. The van der Waals surface area contributed by atoms with Gasteiger partial charge >= 0.3 is 0 Å². The van der Waals surface area contributed by atoms with Crippen molar-refractivity contribution in [3.63, 3.8) is 0 Å². The molecule has 0 radical (unpaired) electrons. The minimum atomic E-state index is -1.03. The summed E-state index contributed by atoms with van der Waals surface area (Å²) in [5.41, 5.74) is -2.26. The predicted octanol–water partition coefficient (Wildman–Crippen LogP) is 2.22. The Balaban J connectivity index is 2.53. The number of carbonyl (C=O) groups excluding carboxylic acids is 2. The quantitative estimate of drug-likeness (QED) is 0.278. The van der Waals surface area contributed by atoms with Crippen molar-refractivity contribution in [2.75, 3.05) is 0 Å². The van der Waals surface area contributed by atoms with Crippen molar-refractivity contribution in [3.8, 4) is 34.5 Å². The average Bonchev–Trinajstić information content (AvgIpc) is 2.55. The average molecular weight is 462 g/mol. The molecule has 8 nitrogen and oxygen atoms in total. The van der Waals surface area contributed by atoms with Crippen molar-refractivity contribution in [1.82, 2.24) is 0 Å². The molecule has 0 spiro atoms. The van der Waals surface area contributed by atoms with Crippen molar-refractivity contribution >= 4 is 43.4 Å². The lowest BCUT2D eigenvalue weighted by atomic mass is 9.82. The van der Waals surface area contributed by atoms with Gasteiger partial charge in [0.15, 0.2) is 34.6 Å². The second kappa shape index (κ2) is 5.02. The van der Waals surface area contributed by atoms with E-state index >= 15 is 0 Å². The maximum Gasteiger partial charge on any atom is 0.202 e. The van der Waals surface area contributed by atoms with E-state index in [1.165, 1.54) is 0 Å². The highest BCUT2D eigenvalue weighted by atomic mass is 79.9. The van der Waals surface area contributed by atoms with E-state index in [9.17, 15) is 40.2 Å². The lowest BCUT2D eigenvalue weighted by Gasteiger charge is -2.23. The highest BCUT2D eigenvalue weighted by Gasteiger charge is 2.42. The topological polar surface area (TPSA) is 156 Å². The zero-order chi connectivity index (χ0) is 18.1. The van der Waals surface area contributed by atoms with Gasteiger partial charge in [-0.2, -0.15) is 0 Å². The molecule has 3 rings (SSSR count). The van der Waals surface area contributed by atoms with Crippen molar-refractivity contribution < 1.29 is 40.2 Å². The van der Waals surface area contributed by atoms with Crippen LogP contribution in [0.3, 0.4) is 0 Å². The molecule has 0 unspecified atom stereocenters. The molecule has 10 heteroatoms. The normalized spacial score (nSPS) is 12.9. The standard InChI is InChI=1S/C14H6Br2O8/c15-5-1-3(9(19)13(23)11(5)21)8(18)2-4(7(1)17)10(20)14(24)12(22)6(2)16/h19-24H. The summed E-state index contributed by atoms with van der Waals surface area (Å²) in [7, 11) is 0. The third-order valence-electron chi connectivity index (χ3n) is 3.63. The number of rotatable bonds is 0. The highest BCUT2D eigenvalue weighted by Crippen LogP contribution is 2.54. The molecule has 0 aromatic heterocycles. The van der Waals surface area contributed by atoms with Crippen LogP contribution in [0.25, 0.3) is 0 Å². The van der Waals surface area contributed by atoms with Gasteiger partial charge in [0.1, 0.15) is 0 Å². The first-order valence-electron chi connectivity index (χ1n) is 6.13. The van der Waals surface area contributed by atoms with Gasteiger partial charge in [-0.1, -0.05) is 0 Å². The third-order valence-corrected chi connectivity index (χ3v) is 5.18. The van der Waals surface area contributed by atoms with Crippen LogP contribution in [0.4, 0.5) is 0 Å². The van der Waals surface area contributed by atoms with Crippen LogP contribution in [-0.2, 0) is 0 Å². The Hall–Kier alpha value is -2.46. The Morgan fingerprint density at radius 3 is 1.04 bits per heavy atom. The van der Waals surface area contributed by atoms with Crippen LogP contribution in [0.5, 0.6) is 34.5 Å². The number of phenols is 6. The van der Waals surface area contributed by atoms with Crippen molar-refractivity contribution in [2.24, 2.45) is 0 Å². The summed E-state index contributed by atoms with van der Waals surface area (Å²) in [6.07, 6.45) is 0. The molecule has 124 valence electrons. The van der Waals surface area contributed by atoms with Crippen LogP contribution >= 0.6 is 31.9 Å². The lowest BCUT2D eigenvalue weighted by molar-refractivity contribution is 0.0971. The first-order chi connectivity index (χ1) is 11.1. The second-order valence-electron chi connectivity index (χ2n) is 4.88. The summed E-state index contributed by atoms with van der Waals surface area (Å²) in [6.45, 7) is 0. The molecule has 1 aliphatic rings. The molecule has 0 heterocycles. The zero-order valence-corrected chi connectivity index (χ0v) is 14.4. The van der Waals surface area contributed by atoms with E-state index in [4.69, 9.17) is 0 Å². The first kappa shape index (κ1) is 16.4. The maximum atomic E-state index is 12.7. The first-order valence-corrected chi connectivity index (χ1v) is 7.71. The molecule has 0 atom stereocenters. The Kier molecular flexibility index (Phi) is 3.43. The number of benzene rings is 2. The maximum absolute atomic E-state index is 12.7. The van der Waals surface area contributed by atoms with Gasteiger partial charge in [0.2, 0.25) is 11.5 Å². The van der Waals surface area contributed by atoms with Crippen LogP contribution in [-0.4, -0.2) is 42.2 Å². The molecular weight excluding hydrogens is 456 g/mol. The Morgan fingerprint density at radius 1 is 0.458 bits per heavy atom. The van der Waals surface area contributed by atoms with Crippen molar-refractivity contribution in [3.05, 3.63) is 31.2 Å². The van der Waals surface area contributed by atoms with Gasteiger partial charge in [-0.05, 0) is 31.9 Å².